The van der Waals surface area contributed by atoms with Crippen LogP contribution < -0.4 is 0 Å². The van der Waals surface area contributed by atoms with Gasteiger partial charge in [0.2, 0.25) is 5.91 Å². The Balaban J connectivity index is 1.68. The molecule has 3 rings (SSSR count). The van der Waals surface area contributed by atoms with Crippen LogP contribution >= 0.6 is 0 Å². The highest BCUT2D eigenvalue weighted by Crippen LogP contribution is 2.35. The van der Waals surface area contributed by atoms with Crippen molar-refractivity contribution in [1.29, 1.82) is 0 Å². The monoisotopic (exact) mass is 290 g/mol. The van der Waals surface area contributed by atoms with Gasteiger partial charge in [-0.25, -0.2) is 9.67 Å². The molecule has 9 nitrogen and oxygen atoms in total. The molecule has 0 aromatic carbocycles. The number of likely N-dealkylation sites (N-methyl/N-ethyl adjacent to an activating group) is 1. The van der Waals surface area contributed by atoms with E-state index in [0.29, 0.717) is 11.6 Å². The van der Waals surface area contributed by atoms with Crippen LogP contribution in [0.2, 0.25) is 0 Å². The molecule has 112 valence electrons. The number of amides is 1. The van der Waals surface area contributed by atoms with Crippen LogP contribution in [-0.4, -0.2) is 59.3 Å². The molecule has 21 heavy (non-hydrogen) atoms. The number of H-pyrrole nitrogens is 1. The van der Waals surface area contributed by atoms with Gasteiger partial charge in [0.25, 0.3) is 0 Å². The van der Waals surface area contributed by atoms with Gasteiger partial charge in [-0.05, 0) is 19.8 Å². The second-order valence-electron chi connectivity index (χ2n) is 5.37. The lowest BCUT2D eigenvalue weighted by Crippen LogP contribution is -2.40. The van der Waals surface area contributed by atoms with E-state index in [1.807, 2.05) is 7.05 Å². The minimum absolute atomic E-state index is 0.0142. The van der Waals surface area contributed by atoms with Gasteiger partial charge in [-0.1, -0.05) is 11.6 Å². The fourth-order valence-corrected chi connectivity index (χ4v) is 2.93. The van der Waals surface area contributed by atoms with E-state index in [-0.39, 0.29) is 24.4 Å². The highest BCUT2D eigenvalue weighted by atomic mass is 16.2. The topological polar surface area (TPSA) is 105 Å². The van der Waals surface area contributed by atoms with Crippen LogP contribution in [0.5, 0.6) is 0 Å². The molecule has 1 amide bonds. The molecule has 1 N–H and O–H groups in total. The maximum absolute atomic E-state index is 12.4. The Kier molecular flexibility index (Phi) is 3.63. The number of tetrazole rings is 1. The van der Waals surface area contributed by atoms with Crippen molar-refractivity contribution in [2.75, 3.05) is 7.05 Å². The maximum atomic E-state index is 12.4. The van der Waals surface area contributed by atoms with Crippen molar-refractivity contribution in [1.82, 2.24) is 40.3 Å². The van der Waals surface area contributed by atoms with Gasteiger partial charge < -0.3 is 4.90 Å². The minimum atomic E-state index is 0.0142. The number of nitrogens with one attached hydrogen (secondary N) is 1. The molecule has 1 aliphatic rings. The standard InChI is InChI=1S/C12H18N8O/c1-8-13-7-20(16-8)6-11(21)19(2)10-5-3-4-9(10)12-14-17-18-15-12/h7,9-10H,3-6H2,1-2H3,(H,14,15,17,18). The van der Waals surface area contributed by atoms with E-state index < -0.39 is 0 Å². The lowest BCUT2D eigenvalue weighted by Gasteiger charge is -2.28. The Labute approximate surface area is 121 Å². The normalized spacial score (nSPS) is 21.6. The predicted molar refractivity (Wildman–Crippen MR) is 72.1 cm³/mol. The van der Waals surface area contributed by atoms with E-state index in [4.69, 9.17) is 0 Å². The summed E-state index contributed by atoms with van der Waals surface area (Å²) in [6.45, 7) is 2.00. The van der Waals surface area contributed by atoms with Gasteiger partial charge in [0.15, 0.2) is 5.82 Å². The summed E-state index contributed by atoms with van der Waals surface area (Å²) in [5, 5.41) is 18.4. The zero-order chi connectivity index (χ0) is 14.8. The summed E-state index contributed by atoms with van der Waals surface area (Å²) in [5.41, 5.74) is 0. The van der Waals surface area contributed by atoms with Gasteiger partial charge in [-0.3, -0.25) is 4.79 Å². The summed E-state index contributed by atoms with van der Waals surface area (Å²) in [4.78, 5) is 18.2. The minimum Gasteiger partial charge on any atom is -0.340 e. The zero-order valence-corrected chi connectivity index (χ0v) is 12.1. The van der Waals surface area contributed by atoms with Gasteiger partial charge in [0.1, 0.15) is 18.7 Å². The molecule has 9 heteroatoms. The first-order valence-electron chi connectivity index (χ1n) is 7.00. The molecule has 1 aliphatic carbocycles. The molecular weight excluding hydrogens is 272 g/mol. The van der Waals surface area contributed by atoms with E-state index in [0.717, 1.165) is 19.3 Å². The quantitative estimate of drug-likeness (QED) is 0.842. The average molecular weight is 290 g/mol. The van der Waals surface area contributed by atoms with E-state index in [1.54, 1.807) is 22.8 Å². The third-order valence-electron chi connectivity index (χ3n) is 4.01. The highest BCUT2D eigenvalue weighted by molar-refractivity contribution is 5.76. The Hall–Kier alpha value is -2.32. The second-order valence-corrected chi connectivity index (χ2v) is 5.37. The van der Waals surface area contributed by atoms with E-state index >= 15 is 0 Å². The van der Waals surface area contributed by atoms with Gasteiger partial charge in [-0.15, -0.1) is 10.2 Å². The molecule has 2 atom stereocenters. The van der Waals surface area contributed by atoms with Crippen LogP contribution in [0.25, 0.3) is 0 Å². The number of aryl methyl sites for hydroxylation is 1. The van der Waals surface area contributed by atoms with Crippen molar-refractivity contribution in [3.05, 3.63) is 18.0 Å². The van der Waals surface area contributed by atoms with Gasteiger partial charge in [0.05, 0.1) is 0 Å². The average Bonchev–Trinajstić information content (AvgIpc) is 3.18. The van der Waals surface area contributed by atoms with Crippen LogP contribution in [0.1, 0.15) is 36.8 Å². The molecular formula is C12H18N8O. The fraction of sp³-hybridized carbons (Fsp3) is 0.667. The number of nitrogens with zero attached hydrogens (tertiary/aromatic N) is 7. The van der Waals surface area contributed by atoms with Crippen molar-refractivity contribution in [2.45, 2.75) is 44.7 Å². The lowest BCUT2D eigenvalue weighted by atomic mass is 10.0. The summed E-state index contributed by atoms with van der Waals surface area (Å²) >= 11 is 0. The number of rotatable bonds is 4. The molecule has 2 aromatic rings. The highest BCUT2D eigenvalue weighted by Gasteiger charge is 2.36. The SMILES string of the molecule is Cc1ncn(CC(=O)N(C)C2CCCC2c2nn[nH]n2)n1. The van der Waals surface area contributed by atoms with Crippen molar-refractivity contribution >= 4 is 5.91 Å². The smallest absolute Gasteiger partial charge is 0.244 e. The van der Waals surface area contributed by atoms with Crippen LogP contribution in [0.3, 0.4) is 0 Å². The predicted octanol–water partition coefficient (Wildman–Crippen LogP) is -0.106. The Bertz CT molecular complexity index is 607. The number of aromatic nitrogens is 7. The van der Waals surface area contributed by atoms with Gasteiger partial charge in [-0.2, -0.15) is 10.3 Å². The molecule has 2 aromatic heterocycles. The molecule has 0 saturated heterocycles. The second kappa shape index (κ2) is 5.58. The molecule has 0 spiro atoms. The Morgan fingerprint density at radius 1 is 1.52 bits per heavy atom. The number of aromatic amines is 1. The molecule has 0 radical (unpaired) electrons. The van der Waals surface area contributed by atoms with Crippen LogP contribution in [0, 0.1) is 6.92 Å². The molecule has 0 bridgehead atoms. The van der Waals surface area contributed by atoms with Crippen molar-refractivity contribution in [2.24, 2.45) is 0 Å². The van der Waals surface area contributed by atoms with E-state index in [9.17, 15) is 4.79 Å². The molecule has 1 saturated carbocycles. The number of carbonyl (C=O) groups is 1. The van der Waals surface area contributed by atoms with Gasteiger partial charge in [0, 0.05) is 19.0 Å². The number of hydrogen-bond acceptors (Lipinski definition) is 6. The maximum Gasteiger partial charge on any atom is 0.244 e. The van der Waals surface area contributed by atoms with Gasteiger partial charge >= 0.3 is 0 Å². The van der Waals surface area contributed by atoms with Crippen molar-refractivity contribution in [3.63, 3.8) is 0 Å². The largest absolute Gasteiger partial charge is 0.340 e. The first-order chi connectivity index (χ1) is 10.1. The van der Waals surface area contributed by atoms with Crippen LogP contribution in [-0.2, 0) is 11.3 Å². The summed E-state index contributed by atoms with van der Waals surface area (Å²) in [7, 11) is 1.83. The number of hydrogen-bond donors (Lipinski definition) is 1. The molecule has 0 aliphatic heterocycles. The fourth-order valence-electron chi connectivity index (χ4n) is 2.93. The summed E-state index contributed by atoms with van der Waals surface area (Å²) in [6.07, 6.45) is 4.57. The van der Waals surface area contributed by atoms with Crippen LogP contribution in [0.15, 0.2) is 6.33 Å². The van der Waals surface area contributed by atoms with E-state index in [1.165, 1.54) is 0 Å². The molecule has 2 unspecified atom stereocenters. The first-order valence-corrected chi connectivity index (χ1v) is 7.00. The summed E-state index contributed by atoms with van der Waals surface area (Å²) in [6, 6.07) is 0.111. The Morgan fingerprint density at radius 2 is 2.38 bits per heavy atom. The third kappa shape index (κ3) is 2.76. The molecule has 2 heterocycles. The van der Waals surface area contributed by atoms with Crippen molar-refractivity contribution < 1.29 is 4.79 Å². The lowest BCUT2D eigenvalue weighted by molar-refractivity contribution is -0.133. The summed E-state index contributed by atoms with van der Waals surface area (Å²) in [5.74, 6) is 1.51. The summed E-state index contributed by atoms with van der Waals surface area (Å²) < 4.78 is 1.56. The van der Waals surface area contributed by atoms with Crippen LogP contribution in [0.4, 0.5) is 0 Å². The third-order valence-corrected chi connectivity index (χ3v) is 4.01. The zero-order valence-electron chi connectivity index (χ0n) is 12.1. The number of carbonyl (C=O) groups excluding carboxylic acids is 1. The van der Waals surface area contributed by atoms with E-state index in [2.05, 4.69) is 30.7 Å². The van der Waals surface area contributed by atoms with Crippen molar-refractivity contribution in [3.8, 4) is 0 Å². The Morgan fingerprint density at radius 3 is 3.05 bits per heavy atom. The molecule has 1 fully saturated rings. The first kappa shape index (κ1) is 13.7.